The van der Waals surface area contributed by atoms with Crippen molar-refractivity contribution < 1.29 is 58.4 Å². The molecule has 184 valence electrons. The molecule has 0 aromatic carbocycles. The van der Waals surface area contributed by atoms with E-state index in [0.29, 0.717) is 6.42 Å². The molecule has 0 saturated heterocycles. The van der Waals surface area contributed by atoms with Crippen molar-refractivity contribution in [3.63, 3.8) is 0 Å². The molecule has 0 amide bonds. The van der Waals surface area contributed by atoms with Gasteiger partial charge in [-0.05, 0) is 13.3 Å². The molecule has 6 atom stereocenters. The quantitative estimate of drug-likeness (QED) is 0.0811. The Labute approximate surface area is 185 Å². The molecule has 0 aromatic rings. The van der Waals surface area contributed by atoms with Crippen LogP contribution < -0.4 is 0 Å². The number of hydrogen-bond acceptors (Lipinski definition) is 12. The maximum atomic E-state index is 11.2. The van der Waals surface area contributed by atoms with Crippen LogP contribution in [0.15, 0.2) is 25.3 Å². The highest BCUT2D eigenvalue weighted by Crippen LogP contribution is 2.38. The lowest BCUT2D eigenvalue weighted by atomic mass is 10.3. The number of aliphatic hydroxyl groups excluding tert-OH is 3. The van der Waals surface area contributed by atoms with Crippen molar-refractivity contribution in [2.24, 2.45) is 5.92 Å². The Balaban J connectivity index is 2.41. The Bertz CT molecular complexity index is 609. The standard InChI is InChI=1S/C20H32O12/c1-4-16(23)31-18(25)14-10-15(14)29-12-20(26,30-7-6-21)11-27-8-9-28-19(13(3)22)32-17(24)5-2/h4-5,13-15,18-19,21-22,25-26H,1-2,6-12H2,3H3. The van der Waals surface area contributed by atoms with Crippen LogP contribution in [-0.4, -0.2) is 103 Å². The predicted octanol–water partition coefficient (Wildman–Crippen LogP) is -1.39. The molecule has 0 heterocycles. The maximum absolute atomic E-state index is 11.2. The third-order valence-electron chi connectivity index (χ3n) is 4.16. The summed E-state index contributed by atoms with van der Waals surface area (Å²) >= 11 is 0. The summed E-state index contributed by atoms with van der Waals surface area (Å²) in [5.74, 6) is -3.88. The minimum Gasteiger partial charge on any atom is -0.432 e. The monoisotopic (exact) mass is 464 g/mol. The summed E-state index contributed by atoms with van der Waals surface area (Å²) in [6.07, 6.45) is -1.88. The highest BCUT2D eigenvalue weighted by Gasteiger charge is 2.47. The predicted molar refractivity (Wildman–Crippen MR) is 107 cm³/mol. The zero-order valence-corrected chi connectivity index (χ0v) is 18.0. The molecule has 4 N–H and O–H groups in total. The van der Waals surface area contributed by atoms with Gasteiger partial charge in [-0.25, -0.2) is 9.59 Å². The lowest BCUT2D eigenvalue weighted by Crippen LogP contribution is -2.44. The summed E-state index contributed by atoms with van der Waals surface area (Å²) in [7, 11) is 0. The van der Waals surface area contributed by atoms with E-state index < -0.39 is 48.4 Å². The number of carbonyl (C=O) groups is 2. The van der Waals surface area contributed by atoms with Crippen LogP contribution in [0.4, 0.5) is 0 Å². The summed E-state index contributed by atoms with van der Waals surface area (Å²) in [6, 6.07) is 0. The first-order valence-corrected chi connectivity index (χ1v) is 9.96. The van der Waals surface area contributed by atoms with Gasteiger partial charge >= 0.3 is 11.9 Å². The summed E-state index contributed by atoms with van der Waals surface area (Å²) in [4.78, 5) is 22.3. The Morgan fingerprint density at radius 1 is 1.09 bits per heavy atom. The smallest absolute Gasteiger partial charge is 0.332 e. The summed E-state index contributed by atoms with van der Waals surface area (Å²) in [5, 5.41) is 38.9. The molecule has 12 nitrogen and oxygen atoms in total. The van der Waals surface area contributed by atoms with Gasteiger partial charge in [0.15, 0.2) is 0 Å². The van der Waals surface area contributed by atoms with E-state index in [1.54, 1.807) is 0 Å². The van der Waals surface area contributed by atoms with Crippen LogP contribution in [0, 0.1) is 5.92 Å². The normalized spacial score (nSPS) is 22.2. The summed E-state index contributed by atoms with van der Waals surface area (Å²) in [5.41, 5.74) is 0. The molecular formula is C20H32O12. The van der Waals surface area contributed by atoms with Crippen LogP contribution in [0.5, 0.6) is 0 Å². The van der Waals surface area contributed by atoms with Crippen LogP contribution in [-0.2, 0) is 38.0 Å². The molecule has 1 saturated carbocycles. The molecule has 32 heavy (non-hydrogen) atoms. The second-order valence-electron chi connectivity index (χ2n) is 6.97. The van der Waals surface area contributed by atoms with E-state index in [4.69, 9.17) is 33.5 Å². The Morgan fingerprint density at radius 3 is 2.34 bits per heavy atom. The third-order valence-corrected chi connectivity index (χ3v) is 4.16. The number of carbonyl (C=O) groups excluding carboxylic acids is 2. The first-order valence-electron chi connectivity index (χ1n) is 9.96. The molecule has 1 fully saturated rings. The topological polar surface area (TPSA) is 170 Å². The number of aliphatic hydroxyl groups is 4. The molecule has 6 unspecified atom stereocenters. The maximum Gasteiger partial charge on any atom is 0.332 e. The van der Waals surface area contributed by atoms with Gasteiger partial charge in [0.05, 0.1) is 38.4 Å². The van der Waals surface area contributed by atoms with Crippen LogP contribution in [0.25, 0.3) is 0 Å². The van der Waals surface area contributed by atoms with Crippen molar-refractivity contribution in [3.05, 3.63) is 25.3 Å². The van der Waals surface area contributed by atoms with Crippen molar-refractivity contribution in [1.82, 2.24) is 0 Å². The number of rotatable bonds is 18. The number of ether oxygens (including phenoxy) is 6. The van der Waals surface area contributed by atoms with Crippen LogP contribution in [0.2, 0.25) is 0 Å². The second-order valence-corrected chi connectivity index (χ2v) is 6.97. The molecule has 12 heteroatoms. The molecule has 1 rings (SSSR count). The van der Waals surface area contributed by atoms with Crippen LogP contribution >= 0.6 is 0 Å². The fourth-order valence-electron chi connectivity index (χ4n) is 2.42. The highest BCUT2D eigenvalue weighted by molar-refractivity contribution is 5.81. The summed E-state index contributed by atoms with van der Waals surface area (Å²) < 4.78 is 30.8. The Morgan fingerprint density at radius 2 is 1.75 bits per heavy atom. The minimum absolute atomic E-state index is 0.0536. The Hall–Kier alpha value is -1.90. The zero-order chi connectivity index (χ0) is 24.1. The van der Waals surface area contributed by atoms with Crippen molar-refractivity contribution in [3.8, 4) is 0 Å². The lowest BCUT2D eigenvalue weighted by Gasteiger charge is -2.28. The van der Waals surface area contributed by atoms with E-state index in [2.05, 4.69) is 13.2 Å². The molecule has 0 spiro atoms. The van der Waals surface area contributed by atoms with Gasteiger partial charge in [0.25, 0.3) is 0 Å². The minimum atomic E-state index is -1.91. The van der Waals surface area contributed by atoms with Crippen LogP contribution in [0.3, 0.4) is 0 Å². The van der Waals surface area contributed by atoms with Gasteiger partial charge in [-0.3, -0.25) is 0 Å². The van der Waals surface area contributed by atoms with Crippen molar-refractivity contribution in [2.45, 2.75) is 43.9 Å². The van der Waals surface area contributed by atoms with E-state index in [1.807, 2.05) is 0 Å². The first kappa shape index (κ1) is 28.1. The average molecular weight is 464 g/mol. The van der Waals surface area contributed by atoms with Gasteiger partial charge in [-0.15, -0.1) is 0 Å². The third kappa shape index (κ3) is 10.6. The zero-order valence-electron chi connectivity index (χ0n) is 18.0. The van der Waals surface area contributed by atoms with E-state index >= 15 is 0 Å². The van der Waals surface area contributed by atoms with Crippen molar-refractivity contribution in [2.75, 3.05) is 39.6 Å². The fourth-order valence-corrected chi connectivity index (χ4v) is 2.42. The number of esters is 2. The van der Waals surface area contributed by atoms with Gasteiger partial charge in [0.1, 0.15) is 19.3 Å². The molecule has 1 aliphatic carbocycles. The van der Waals surface area contributed by atoms with Gasteiger partial charge in [-0.1, -0.05) is 13.2 Å². The molecule has 0 aliphatic heterocycles. The summed E-state index contributed by atoms with van der Waals surface area (Å²) in [6.45, 7) is 6.50. The van der Waals surface area contributed by atoms with Gasteiger partial charge in [-0.2, -0.15) is 0 Å². The van der Waals surface area contributed by atoms with E-state index in [9.17, 15) is 24.9 Å². The van der Waals surface area contributed by atoms with Gasteiger partial charge in [0, 0.05) is 12.2 Å². The second kappa shape index (κ2) is 14.3. The lowest BCUT2D eigenvalue weighted by molar-refractivity contribution is -0.264. The molecule has 0 aromatic heterocycles. The van der Waals surface area contributed by atoms with E-state index in [1.165, 1.54) is 6.92 Å². The van der Waals surface area contributed by atoms with Crippen molar-refractivity contribution in [1.29, 1.82) is 0 Å². The van der Waals surface area contributed by atoms with E-state index in [0.717, 1.165) is 12.2 Å². The van der Waals surface area contributed by atoms with E-state index in [-0.39, 0.29) is 39.6 Å². The first-order chi connectivity index (χ1) is 15.2. The van der Waals surface area contributed by atoms with Gasteiger partial charge < -0.3 is 48.8 Å². The highest BCUT2D eigenvalue weighted by atomic mass is 16.7. The molecular weight excluding hydrogens is 432 g/mol. The number of hydrogen-bond donors (Lipinski definition) is 4. The van der Waals surface area contributed by atoms with Crippen LogP contribution in [0.1, 0.15) is 13.3 Å². The fraction of sp³-hybridized carbons (Fsp3) is 0.700. The molecule has 0 bridgehead atoms. The largest absolute Gasteiger partial charge is 0.432 e. The average Bonchev–Trinajstić information content (AvgIpc) is 3.55. The Kier molecular flexibility index (Phi) is 12.6. The molecule has 1 aliphatic rings. The van der Waals surface area contributed by atoms with Gasteiger partial charge in [0.2, 0.25) is 18.4 Å². The molecule has 0 radical (unpaired) electrons. The SMILES string of the molecule is C=CC(=O)OC(O)C1CC1OCC(O)(COCCOC(OC(=O)C=C)C(C)O)OCCO. The van der Waals surface area contributed by atoms with Crippen molar-refractivity contribution >= 4 is 11.9 Å².